The number of nitrogens with one attached hydrogen (secondary N) is 1. The van der Waals surface area contributed by atoms with E-state index in [0.29, 0.717) is 6.42 Å². The Morgan fingerprint density at radius 3 is 2.58 bits per heavy atom. The summed E-state index contributed by atoms with van der Waals surface area (Å²) in [5.74, 6) is 1.88. The van der Waals surface area contributed by atoms with E-state index < -0.39 is 0 Å². The first-order valence-corrected chi connectivity index (χ1v) is 7.11. The predicted octanol–water partition coefficient (Wildman–Crippen LogP) is 2.98. The summed E-state index contributed by atoms with van der Waals surface area (Å²) in [5, 5.41) is 3.02. The molecule has 0 aromatic carbocycles. The summed E-state index contributed by atoms with van der Waals surface area (Å²) in [5.41, 5.74) is 6.49. The van der Waals surface area contributed by atoms with Crippen LogP contribution in [0.2, 0.25) is 0 Å². The van der Waals surface area contributed by atoms with Crippen LogP contribution in [0.15, 0.2) is 10.5 Å². The number of aryl methyl sites for hydroxylation is 2. The summed E-state index contributed by atoms with van der Waals surface area (Å²) in [6.07, 6.45) is 4.75. The van der Waals surface area contributed by atoms with Gasteiger partial charge in [-0.05, 0) is 46.2 Å². The molecule has 1 atom stereocenters. The maximum Gasteiger partial charge on any atom is 0.220 e. The molecule has 0 aliphatic rings. The molecular weight excluding hydrogens is 240 g/mol. The highest BCUT2D eigenvalue weighted by atomic mass is 16.3. The van der Waals surface area contributed by atoms with Gasteiger partial charge in [0.05, 0.1) is 6.04 Å². The van der Waals surface area contributed by atoms with E-state index in [9.17, 15) is 4.79 Å². The Balaban J connectivity index is 2.30. The van der Waals surface area contributed by atoms with E-state index >= 15 is 0 Å². The van der Waals surface area contributed by atoms with Crippen LogP contribution in [0.5, 0.6) is 0 Å². The molecule has 0 aliphatic heterocycles. The van der Waals surface area contributed by atoms with Crippen molar-refractivity contribution in [2.75, 3.05) is 6.54 Å². The number of hydrogen-bond acceptors (Lipinski definition) is 3. The van der Waals surface area contributed by atoms with Crippen LogP contribution in [0.3, 0.4) is 0 Å². The molecule has 3 N–H and O–H groups in total. The first-order valence-electron chi connectivity index (χ1n) is 7.11. The Labute approximate surface area is 115 Å². The van der Waals surface area contributed by atoms with Crippen molar-refractivity contribution < 1.29 is 9.21 Å². The molecule has 1 unspecified atom stereocenters. The lowest BCUT2D eigenvalue weighted by Crippen LogP contribution is -2.26. The zero-order chi connectivity index (χ0) is 14.3. The molecule has 19 heavy (non-hydrogen) atoms. The van der Waals surface area contributed by atoms with Crippen molar-refractivity contribution in [3.63, 3.8) is 0 Å². The summed E-state index contributed by atoms with van der Waals surface area (Å²) in [4.78, 5) is 11.8. The average Bonchev–Trinajstić information content (AvgIpc) is 2.68. The molecule has 4 heteroatoms. The molecule has 0 radical (unpaired) electrons. The van der Waals surface area contributed by atoms with Gasteiger partial charge in [0, 0.05) is 12.0 Å². The van der Waals surface area contributed by atoms with Crippen LogP contribution in [0.1, 0.15) is 62.2 Å². The molecule has 1 rings (SSSR count). The maximum atomic E-state index is 11.8. The Bertz CT molecular complexity index is 399. The van der Waals surface area contributed by atoms with Crippen LogP contribution in [0, 0.1) is 13.8 Å². The fourth-order valence-electron chi connectivity index (χ4n) is 2.26. The standard InChI is InChI=1S/C15H26N2O2/c1-11-10-14(13(3)19-11)12(2)17-15(18)8-6-4-5-7-9-16/h10,12H,4-9,16H2,1-3H3,(H,17,18). The number of amides is 1. The number of unbranched alkanes of at least 4 members (excludes halogenated alkanes) is 3. The Kier molecular flexibility index (Phi) is 6.64. The van der Waals surface area contributed by atoms with E-state index in [0.717, 1.165) is 49.3 Å². The average molecular weight is 266 g/mol. The fraction of sp³-hybridized carbons (Fsp3) is 0.667. The molecule has 1 aromatic rings. The molecular formula is C15H26N2O2. The third-order valence-electron chi connectivity index (χ3n) is 3.28. The zero-order valence-electron chi connectivity index (χ0n) is 12.3. The van der Waals surface area contributed by atoms with Crippen LogP contribution in [-0.2, 0) is 4.79 Å². The van der Waals surface area contributed by atoms with Gasteiger partial charge in [0.2, 0.25) is 5.91 Å². The van der Waals surface area contributed by atoms with E-state index in [1.807, 2.05) is 26.8 Å². The molecule has 0 aliphatic carbocycles. The van der Waals surface area contributed by atoms with Crippen molar-refractivity contribution in [1.29, 1.82) is 0 Å². The summed E-state index contributed by atoms with van der Waals surface area (Å²) < 4.78 is 5.48. The molecule has 108 valence electrons. The van der Waals surface area contributed by atoms with Crippen LogP contribution in [-0.4, -0.2) is 12.5 Å². The van der Waals surface area contributed by atoms with Crippen molar-refractivity contribution in [2.24, 2.45) is 5.73 Å². The van der Waals surface area contributed by atoms with Crippen LogP contribution in [0.4, 0.5) is 0 Å². The highest BCUT2D eigenvalue weighted by Crippen LogP contribution is 2.21. The van der Waals surface area contributed by atoms with Crippen LogP contribution < -0.4 is 11.1 Å². The van der Waals surface area contributed by atoms with Gasteiger partial charge in [-0.2, -0.15) is 0 Å². The van der Waals surface area contributed by atoms with Crippen molar-refractivity contribution in [3.8, 4) is 0 Å². The highest BCUT2D eigenvalue weighted by Gasteiger charge is 2.14. The second-order valence-corrected chi connectivity index (χ2v) is 5.11. The maximum absolute atomic E-state index is 11.8. The Hall–Kier alpha value is -1.29. The van der Waals surface area contributed by atoms with Gasteiger partial charge in [-0.25, -0.2) is 0 Å². The summed E-state index contributed by atoms with van der Waals surface area (Å²) in [6, 6.07) is 2.00. The molecule has 4 nitrogen and oxygen atoms in total. The number of furan rings is 1. The normalized spacial score (nSPS) is 12.4. The number of carbonyl (C=O) groups excluding carboxylic acids is 1. The largest absolute Gasteiger partial charge is 0.466 e. The summed E-state index contributed by atoms with van der Waals surface area (Å²) >= 11 is 0. The van der Waals surface area contributed by atoms with Gasteiger partial charge in [-0.15, -0.1) is 0 Å². The summed E-state index contributed by atoms with van der Waals surface area (Å²) in [6.45, 7) is 6.58. The Morgan fingerprint density at radius 2 is 2.00 bits per heavy atom. The topological polar surface area (TPSA) is 68.3 Å². The van der Waals surface area contributed by atoms with Crippen molar-refractivity contribution >= 4 is 5.91 Å². The number of rotatable bonds is 8. The van der Waals surface area contributed by atoms with E-state index in [4.69, 9.17) is 10.2 Å². The quantitative estimate of drug-likeness (QED) is 0.711. The third-order valence-corrected chi connectivity index (χ3v) is 3.28. The van der Waals surface area contributed by atoms with Gasteiger partial charge in [-0.1, -0.05) is 12.8 Å². The van der Waals surface area contributed by atoms with Gasteiger partial charge < -0.3 is 15.5 Å². The number of nitrogens with two attached hydrogens (primary N) is 1. The van der Waals surface area contributed by atoms with Crippen molar-refractivity contribution in [2.45, 2.75) is 58.9 Å². The second-order valence-electron chi connectivity index (χ2n) is 5.11. The molecule has 1 amide bonds. The minimum Gasteiger partial charge on any atom is -0.466 e. The fourth-order valence-corrected chi connectivity index (χ4v) is 2.26. The first kappa shape index (κ1) is 15.8. The van der Waals surface area contributed by atoms with Crippen LogP contribution >= 0.6 is 0 Å². The van der Waals surface area contributed by atoms with Gasteiger partial charge in [0.25, 0.3) is 0 Å². The van der Waals surface area contributed by atoms with Crippen molar-refractivity contribution in [1.82, 2.24) is 5.32 Å². The molecule has 1 heterocycles. The molecule has 1 aromatic heterocycles. The minimum absolute atomic E-state index is 0.00833. The molecule has 0 saturated carbocycles. The predicted molar refractivity (Wildman–Crippen MR) is 76.9 cm³/mol. The molecule has 0 bridgehead atoms. The monoisotopic (exact) mass is 266 g/mol. The number of carbonyl (C=O) groups is 1. The van der Waals surface area contributed by atoms with Gasteiger partial charge in [0.15, 0.2) is 0 Å². The van der Waals surface area contributed by atoms with Gasteiger partial charge in [0.1, 0.15) is 11.5 Å². The smallest absolute Gasteiger partial charge is 0.220 e. The Morgan fingerprint density at radius 1 is 1.32 bits per heavy atom. The van der Waals surface area contributed by atoms with Crippen LogP contribution in [0.25, 0.3) is 0 Å². The molecule has 0 spiro atoms. The van der Waals surface area contributed by atoms with Gasteiger partial charge >= 0.3 is 0 Å². The van der Waals surface area contributed by atoms with E-state index in [2.05, 4.69) is 5.32 Å². The summed E-state index contributed by atoms with van der Waals surface area (Å²) in [7, 11) is 0. The van der Waals surface area contributed by atoms with E-state index in [-0.39, 0.29) is 11.9 Å². The van der Waals surface area contributed by atoms with Gasteiger partial charge in [-0.3, -0.25) is 4.79 Å². The third kappa shape index (κ3) is 5.47. The lowest BCUT2D eigenvalue weighted by molar-refractivity contribution is -0.121. The van der Waals surface area contributed by atoms with E-state index in [1.165, 1.54) is 0 Å². The minimum atomic E-state index is 0.00833. The lowest BCUT2D eigenvalue weighted by Gasteiger charge is -2.13. The van der Waals surface area contributed by atoms with Crippen molar-refractivity contribution in [3.05, 3.63) is 23.2 Å². The second kappa shape index (κ2) is 8.00. The number of hydrogen-bond donors (Lipinski definition) is 2. The lowest BCUT2D eigenvalue weighted by atomic mass is 10.1. The molecule has 0 fully saturated rings. The first-order chi connectivity index (χ1) is 9.04. The zero-order valence-corrected chi connectivity index (χ0v) is 12.3. The SMILES string of the molecule is Cc1cc(C(C)NC(=O)CCCCCCN)c(C)o1. The highest BCUT2D eigenvalue weighted by molar-refractivity contribution is 5.76. The molecule has 0 saturated heterocycles. The van der Waals surface area contributed by atoms with E-state index in [1.54, 1.807) is 0 Å².